The van der Waals surface area contributed by atoms with Crippen LogP contribution in [0.15, 0.2) is 24.3 Å². The molecule has 18 heavy (non-hydrogen) atoms. The van der Waals surface area contributed by atoms with Gasteiger partial charge < -0.3 is 15.1 Å². The van der Waals surface area contributed by atoms with Crippen molar-refractivity contribution in [3.8, 4) is 0 Å². The molecule has 0 aliphatic carbocycles. The van der Waals surface area contributed by atoms with Crippen LogP contribution in [0.4, 0.5) is 0 Å². The Hall–Kier alpha value is -1.88. The highest BCUT2D eigenvalue weighted by atomic mass is 16.4. The van der Waals surface area contributed by atoms with Gasteiger partial charge in [-0.25, -0.2) is 4.79 Å². The van der Waals surface area contributed by atoms with Gasteiger partial charge in [-0.3, -0.25) is 4.79 Å². The third kappa shape index (κ3) is 2.36. The van der Waals surface area contributed by atoms with Gasteiger partial charge in [0.2, 0.25) is 5.91 Å². The van der Waals surface area contributed by atoms with Crippen LogP contribution in [-0.2, 0) is 9.59 Å². The van der Waals surface area contributed by atoms with E-state index in [1.54, 1.807) is 12.1 Å². The molecular weight excluding hydrogens is 234 g/mol. The first kappa shape index (κ1) is 12.6. The smallest absolute Gasteiger partial charge is 0.331 e. The van der Waals surface area contributed by atoms with Crippen LogP contribution in [0.5, 0.6) is 0 Å². The highest BCUT2D eigenvalue weighted by Gasteiger charge is 2.37. The van der Waals surface area contributed by atoms with Crippen molar-refractivity contribution in [2.45, 2.75) is 25.5 Å². The van der Waals surface area contributed by atoms with Crippen molar-refractivity contribution in [2.24, 2.45) is 0 Å². The maximum absolute atomic E-state index is 11.7. The number of aliphatic hydroxyl groups excluding tert-OH is 1. The number of aliphatic carboxylic acids is 1. The average molecular weight is 249 g/mol. The Morgan fingerprint density at radius 3 is 2.44 bits per heavy atom. The zero-order valence-electron chi connectivity index (χ0n) is 10.0. The second-order valence-corrected chi connectivity index (χ2v) is 4.56. The third-order valence-electron chi connectivity index (χ3n) is 3.08. The van der Waals surface area contributed by atoms with Gasteiger partial charge in [-0.1, -0.05) is 29.8 Å². The van der Waals surface area contributed by atoms with Gasteiger partial charge in [-0.05, 0) is 12.5 Å². The summed E-state index contributed by atoms with van der Waals surface area (Å²) in [6, 6.07) is 6.00. The van der Waals surface area contributed by atoms with E-state index in [0.29, 0.717) is 5.56 Å². The van der Waals surface area contributed by atoms with Gasteiger partial charge >= 0.3 is 5.97 Å². The van der Waals surface area contributed by atoms with Crippen LogP contribution in [0.2, 0.25) is 0 Å². The molecular formula is C13H15NO4. The molecule has 1 saturated heterocycles. The lowest BCUT2D eigenvalue weighted by atomic mass is 10.0. The van der Waals surface area contributed by atoms with Crippen LogP contribution < -0.4 is 0 Å². The Morgan fingerprint density at radius 1 is 1.39 bits per heavy atom. The minimum Gasteiger partial charge on any atom is -0.479 e. The van der Waals surface area contributed by atoms with Gasteiger partial charge in [-0.15, -0.1) is 0 Å². The minimum absolute atomic E-state index is 0.00432. The maximum Gasteiger partial charge on any atom is 0.331 e. The van der Waals surface area contributed by atoms with Crippen molar-refractivity contribution in [1.29, 1.82) is 0 Å². The predicted molar refractivity (Wildman–Crippen MR) is 63.9 cm³/mol. The van der Waals surface area contributed by atoms with Gasteiger partial charge in [0.1, 0.15) is 0 Å². The van der Waals surface area contributed by atoms with Crippen molar-refractivity contribution >= 4 is 11.9 Å². The fraction of sp³-hybridized carbons (Fsp3) is 0.385. The molecule has 0 radical (unpaired) electrons. The monoisotopic (exact) mass is 249 g/mol. The summed E-state index contributed by atoms with van der Waals surface area (Å²) in [6.07, 6.45) is -0.778. The topological polar surface area (TPSA) is 77.8 Å². The molecule has 0 saturated carbocycles. The SMILES string of the molecule is Cc1ccc(C(C(=O)O)N2CC(O)CC2=O)cc1. The summed E-state index contributed by atoms with van der Waals surface area (Å²) in [5, 5.41) is 18.7. The average Bonchev–Trinajstić information content (AvgIpc) is 2.61. The van der Waals surface area contributed by atoms with Crippen LogP contribution in [0.25, 0.3) is 0 Å². The number of benzene rings is 1. The van der Waals surface area contributed by atoms with Crippen LogP contribution in [0.1, 0.15) is 23.6 Å². The lowest BCUT2D eigenvalue weighted by molar-refractivity contribution is -0.148. The highest BCUT2D eigenvalue weighted by Crippen LogP contribution is 2.26. The summed E-state index contributed by atoms with van der Waals surface area (Å²) >= 11 is 0. The molecule has 5 nitrogen and oxygen atoms in total. The number of amides is 1. The fourth-order valence-electron chi connectivity index (χ4n) is 2.17. The Morgan fingerprint density at radius 2 is 2.00 bits per heavy atom. The second-order valence-electron chi connectivity index (χ2n) is 4.56. The van der Waals surface area contributed by atoms with Gasteiger partial charge in [-0.2, -0.15) is 0 Å². The summed E-state index contributed by atoms with van der Waals surface area (Å²) in [5.41, 5.74) is 1.58. The number of carboxylic acid groups (broad SMARTS) is 1. The number of hydrogen-bond acceptors (Lipinski definition) is 3. The number of carbonyl (C=O) groups excluding carboxylic acids is 1. The largest absolute Gasteiger partial charge is 0.479 e. The van der Waals surface area contributed by atoms with E-state index in [1.807, 2.05) is 19.1 Å². The van der Waals surface area contributed by atoms with Crippen LogP contribution in [0.3, 0.4) is 0 Å². The van der Waals surface area contributed by atoms with E-state index in [1.165, 1.54) is 4.90 Å². The first-order valence-corrected chi connectivity index (χ1v) is 5.76. The van der Waals surface area contributed by atoms with Gasteiger partial charge in [0.15, 0.2) is 6.04 Å². The third-order valence-corrected chi connectivity index (χ3v) is 3.08. The van der Waals surface area contributed by atoms with Crippen molar-refractivity contribution in [1.82, 2.24) is 4.90 Å². The van der Waals surface area contributed by atoms with E-state index in [-0.39, 0.29) is 18.9 Å². The molecule has 96 valence electrons. The lowest BCUT2D eigenvalue weighted by Gasteiger charge is -2.24. The van der Waals surface area contributed by atoms with E-state index in [0.717, 1.165) is 5.56 Å². The Balaban J connectivity index is 2.32. The molecule has 1 aromatic carbocycles. The van der Waals surface area contributed by atoms with Crippen molar-refractivity contribution in [3.05, 3.63) is 35.4 Å². The number of nitrogens with zero attached hydrogens (tertiary/aromatic N) is 1. The molecule has 1 heterocycles. The standard InChI is InChI=1S/C13H15NO4/c1-8-2-4-9(5-3-8)12(13(17)18)14-7-10(15)6-11(14)16/h2-5,10,12,15H,6-7H2,1H3,(H,17,18). The molecule has 2 atom stereocenters. The zero-order chi connectivity index (χ0) is 13.3. The van der Waals surface area contributed by atoms with Gasteiger partial charge in [0.05, 0.1) is 12.5 Å². The molecule has 1 amide bonds. The molecule has 0 spiro atoms. The minimum atomic E-state index is -1.08. The maximum atomic E-state index is 11.7. The van der Waals surface area contributed by atoms with E-state index in [4.69, 9.17) is 0 Å². The number of aryl methyl sites for hydroxylation is 1. The van der Waals surface area contributed by atoms with E-state index in [9.17, 15) is 19.8 Å². The van der Waals surface area contributed by atoms with Crippen LogP contribution >= 0.6 is 0 Å². The Bertz CT molecular complexity index is 468. The first-order chi connectivity index (χ1) is 8.49. The van der Waals surface area contributed by atoms with Gasteiger partial charge in [0.25, 0.3) is 0 Å². The van der Waals surface area contributed by atoms with Crippen LogP contribution in [0, 0.1) is 6.92 Å². The Kier molecular flexibility index (Phi) is 3.34. The summed E-state index contributed by atoms with van der Waals surface area (Å²) < 4.78 is 0. The summed E-state index contributed by atoms with van der Waals surface area (Å²) in [6.45, 7) is 1.98. The summed E-state index contributed by atoms with van der Waals surface area (Å²) in [4.78, 5) is 24.2. The Labute approximate surface area is 105 Å². The normalized spacial score (nSPS) is 21.1. The molecule has 2 unspecified atom stereocenters. The number of rotatable bonds is 3. The van der Waals surface area contributed by atoms with Crippen molar-refractivity contribution in [3.63, 3.8) is 0 Å². The number of carboxylic acids is 1. The number of aliphatic hydroxyl groups is 1. The molecule has 0 aromatic heterocycles. The summed E-state index contributed by atoms with van der Waals surface area (Å²) in [5.74, 6) is -1.41. The van der Waals surface area contributed by atoms with Crippen LogP contribution in [-0.4, -0.2) is 39.6 Å². The van der Waals surface area contributed by atoms with Crippen molar-refractivity contribution in [2.75, 3.05) is 6.54 Å². The first-order valence-electron chi connectivity index (χ1n) is 5.76. The summed E-state index contributed by atoms with van der Waals surface area (Å²) in [7, 11) is 0. The number of carbonyl (C=O) groups is 2. The van der Waals surface area contributed by atoms with E-state index in [2.05, 4.69) is 0 Å². The molecule has 1 fully saturated rings. The quantitative estimate of drug-likeness (QED) is 0.827. The molecule has 1 aromatic rings. The number of likely N-dealkylation sites (tertiary alicyclic amines) is 1. The second kappa shape index (κ2) is 4.78. The molecule has 2 N–H and O–H groups in total. The predicted octanol–water partition coefficient (Wildman–Crippen LogP) is 0.714. The number of β-amino-alcohol motifs (C(OH)–C–C–N with tert-alkyl or cyclic N) is 1. The fourth-order valence-corrected chi connectivity index (χ4v) is 2.17. The van der Waals surface area contributed by atoms with E-state index >= 15 is 0 Å². The van der Waals surface area contributed by atoms with Gasteiger partial charge in [0, 0.05) is 6.54 Å². The van der Waals surface area contributed by atoms with E-state index < -0.39 is 18.1 Å². The molecule has 1 aliphatic rings. The van der Waals surface area contributed by atoms with Crippen molar-refractivity contribution < 1.29 is 19.8 Å². The zero-order valence-corrected chi connectivity index (χ0v) is 10.0. The molecule has 5 heteroatoms. The number of hydrogen-bond donors (Lipinski definition) is 2. The highest BCUT2D eigenvalue weighted by molar-refractivity contribution is 5.86. The molecule has 1 aliphatic heterocycles. The molecule has 0 bridgehead atoms. The lowest BCUT2D eigenvalue weighted by Crippen LogP contribution is -2.35. The molecule has 2 rings (SSSR count).